The van der Waals surface area contributed by atoms with E-state index in [4.69, 9.17) is 0 Å². The molecule has 13 heteroatoms. The second-order valence-corrected chi connectivity index (χ2v) is 5.13. The molecule has 0 saturated carbocycles. The van der Waals surface area contributed by atoms with E-state index >= 15 is 0 Å². The zero-order valence-corrected chi connectivity index (χ0v) is 14.1. The summed E-state index contributed by atoms with van der Waals surface area (Å²) in [5.74, 6) is -0.466. The third-order valence-electron chi connectivity index (χ3n) is 3.47. The lowest BCUT2D eigenvalue weighted by Gasteiger charge is -2.16. The summed E-state index contributed by atoms with van der Waals surface area (Å²) in [5.41, 5.74) is -5.54. The van der Waals surface area contributed by atoms with Gasteiger partial charge in [0.25, 0.3) is 21.7 Å². The van der Waals surface area contributed by atoms with Crippen LogP contribution in [0.15, 0.2) is 19.2 Å². The van der Waals surface area contributed by atoms with Crippen molar-refractivity contribution in [3.63, 3.8) is 0 Å². The Balaban J connectivity index is 2.10. The molecule has 5 amide bonds. The van der Waals surface area contributed by atoms with Crippen LogP contribution in [-0.4, -0.2) is 38.6 Å². The van der Waals surface area contributed by atoms with E-state index in [1.165, 1.54) is 14.1 Å². The number of anilines is 4. The molecule has 2 aromatic rings. The standard InChI is InChI=1S/C14H14N6O7/c1-15-4(21)3-17-5-6(10(23)9(5)22)19-14(27)20-8-7(11(24)12(8)25)18-13(26)16-2/h17H,3H2,1-2H3,(H,15,21)(H2,16,18,26)(H2,19,20,27). The highest BCUT2D eigenvalue weighted by molar-refractivity contribution is 6.06. The third-order valence-corrected chi connectivity index (χ3v) is 3.47. The van der Waals surface area contributed by atoms with Crippen LogP contribution in [0.3, 0.4) is 0 Å². The van der Waals surface area contributed by atoms with Gasteiger partial charge in [0.05, 0.1) is 6.54 Å². The number of carbonyl (C=O) groups excluding carboxylic acids is 3. The van der Waals surface area contributed by atoms with Gasteiger partial charge in [-0.2, -0.15) is 0 Å². The molecule has 142 valence electrons. The van der Waals surface area contributed by atoms with E-state index in [1.54, 1.807) is 0 Å². The van der Waals surface area contributed by atoms with E-state index in [2.05, 4.69) is 21.3 Å². The van der Waals surface area contributed by atoms with Crippen molar-refractivity contribution in [1.82, 2.24) is 10.6 Å². The molecule has 0 fully saturated rings. The predicted molar refractivity (Wildman–Crippen MR) is 96.0 cm³/mol. The van der Waals surface area contributed by atoms with Crippen molar-refractivity contribution in [1.29, 1.82) is 0 Å². The first-order valence-electron chi connectivity index (χ1n) is 7.39. The Kier molecular flexibility index (Phi) is 5.34. The lowest BCUT2D eigenvalue weighted by atomic mass is 10.2. The average molecular weight is 378 g/mol. The molecule has 0 atom stereocenters. The summed E-state index contributed by atoms with van der Waals surface area (Å²) in [5, 5.41) is 13.0. The molecule has 0 aliphatic heterocycles. The Morgan fingerprint density at radius 2 is 1.04 bits per heavy atom. The topological polar surface area (TPSA) is 192 Å². The first-order chi connectivity index (χ1) is 12.7. The van der Waals surface area contributed by atoms with Gasteiger partial charge in [0.1, 0.15) is 22.7 Å². The molecule has 2 rings (SSSR count). The lowest BCUT2D eigenvalue weighted by molar-refractivity contribution is -0.118. The molecule has 0 aliphatic rings. The average Bonchev–Trinajstić information content (AvgIpc) is 2.68. The molecular formula is C14H14N6O7. The van der Waals surface area contributed by atoms with Crippen LogP contribution in [0.25, 0.3) is 0 Å². The number of urea groups is 2. The van der Waals surface area contributed by atoms with Gasteiger partial charge in [0.15, 0.2) is 0 Å². The number of amides is 5. The summed E-state index contributed by atoms with van der Waals surface area (Å²) in [7, 11) is 2.65. The normalized spacial score (nSPS) is 10.3. The molecule has 0 radical (unpaired) electrons. The van der Waals surface area contributed by atoms with E-state index in [9.17, 15) is 33.6 Å². The number of carbonyl (C=O) groups is 3. The minimum Gasteiger partial charge on any atom is -0.371 e. The van der Waals surface area contributed by atoms with Crippen molar-refractivity contribution in [3.8, 4) is 0 Å². The fraction of sp³-hybridized carbons (Fsp3) is 0.214. The van der Waals surface area contributed by atoms with Crippen molar-refractivity contribution < 1.29 is 14.4 Å². The van der Waals surface area contributed by atoms with Gasteiger partial charge in [-0.15, -0.1) is 0 Å². The summed E-state index contributed by atoms with van der Waals surface area (Å²) in [6.07, 6.45) is 0. The molecule has 0 saturated heterocycles. The van der Waals surface area contributed by atoms with Gasteiger partial charge in [0.2, 0.25) is 5.91 Å². The number of hydrogen-bond donors (Lipinski definition) is 6. The van der Waals surface area contributed by atoms with Crippen LogP contribution in [0.2, 0.25) is 0 Å². The Morgan fingerprint density at radius 3 is 1.48 bits per heavy atom. The monoisotopic (exact) mass is 378 g/mol. The molecule has 27 heavy (non-hydrogen) atoms. The molecule has 0 heterocycles. The zero-order chi connectivity index (χ0) is 20.3. The lowest BCUT2D eigenvalue weighted by Crippen LogP contribution is -2.44. The summed E-state index contributed by atoms with van der Waals surface area (Å²) < 4.78 is 0. The van der Waals surface area contributed by atoms with Gasteiger partial charge in [-0.3, -0.25) is 24.0 Å². The van der Waals surface area contributed by atoms with Crippen molar-refractivity contribution >= 4 is 40.7 Å². The zero-order valence-electron chi connectivity index (χ0n) is 14.1. The Bertz CT molecular complexity index is 1070. The molecule has 0 aromatic heterocycles. The van der Waals surface area contributed by atoms with Crippen LogP contribution >= 0.6 is 0 Å². The number of hydrogen-bond acceptors (Lipinski definition) is 8. The molecule has 0 aliphatic carbocycles. The van der Waals surface area contributed by atoms with Crippen LogP contribution in [0.4, 0.5) is 32.3 Å². The molecule has 6 N–H and O–H groups in total. The molecule has 2 aromatic carbocycles. The van der Waals surface area contributed by atoms with Crippen molar-refractivity contribution in [3.05, 3.63) is 40.9 Å². The SMILES string of the molecule is CNC(=O)CNc1c(NC(=O)Nc2c(NC(=O)NC)c(=O)c2=O)c(=O)c1=O. The minimum atomic E-state index is -1.10. The predicted octanol–water partition coefficient (Wildman–Crippen LogP) is -2.57. The summed E-state index contributed by atoms with van der Waals surface area (Å²) >= 11 is 0. The second kappa shape index (κ2) is 7.47. The number of likely N-dealkylation sites (N-methyl/N-ethyl adjacent to an activating group) is 1. The van der Waals surface area contributed by atoms with E-state index in [1.807, 2.05) is 10.6 Å². The highest BCUT2D eigenvalue weighted by Crippen LogP contribution is 2.17. The summed E-state index contributed by atoms with van der Waals surface area (Å²) in [6, 6.07) is -1.88. The maximum atomic E-state index is 11.9. The summed E-state index contributed by atoms with van der Waals surface area (Å²) in [4.78, 5) is 80.4. The van der Waals surface area contributed by atoms with Gasteiger partial charge < -0.3 is 31.9 Å². The van der Waals surface area contributed by atoms with E-state index in [0.29, 0.717) is 0 Å². The van der Waals surface area contributed by atoms with Crippen molar-refractivity contribution in [2.45, 2.75) is 0 Å². The van der Waals surface area contributed by atoms with Crippen LogP contribution in [0.5, 0.6) is 0 Å². The smallest absolute Gasteiger partial charge is 0.324 e. The first kappa shape index (κ1) is 19.3. The fourth-order valence-corrected chi connectivity index (χ4v) is 2.00. The van der Waals surface area contributed by atoms with Crippen molar-refractivity contribution in [2.24, 2.45) is 0 Å². The fourth-order valence-electron chi connectivity index (χ4n) is 2.00. The largest absolute Gasteiger partial charge is 0.371 e. The highest BCUT2D eigenvalue weighted by Gasteiger charge is 2.27. The third kappa shape index (κ3) is 3.65. The van der Waals surface area contributed by atoms with E-state index < -0.39 is 56.7 Å². The molecule has 0 spiro atoms. The summed E-state index contributed by atoms with van der Waals surface area (Å²) in [6.45, 7) is -0.310. The van der Waals surface area contributed by atoms with E-state index in [-0.39, 0.29) is 12.2 Å². The van der Waals surface area contributed by atoms with Gasteiger partial charge in [-0.05, 0) is 0 Å². The van der Waals surface area contributed by atoms with Gasteiger partial charge in [-0.25, -0.2) is 9.59 Å². The van der Waals surface area contributed by atoms with Crippen LogP contribution in [0.1, 0.15) is 0 Å². The van der Waals surface area contributed by atoms with Gasteiger partial charge in [-0.1, -0.05) is 0 Å². The van der Waals surface area contributed by atoms with Crippen LogP contribution in [0, 0.1) is 0 Å². The molecular weight excluding hydrogens is 364 g/mol. The van der Waals surface area contributed by atoms with Gasteiger partial charge in [0, 0.05) is 14.1 Å². The minimum absolute atomic E-state index is 0.271. The highest BCUT2D eigenvalue weighted by atomic mass is 16.2. The van der Waals surface area contributed by atoms with Crippen LogP contribution in [-0.2, 0) is 4.79 Å². The Morgan fingerprint density at radius 1 is 0.630 bits per heavy atom. The maximum absolute atomic E-state index is 11.9. The second-order valence-electron chi connectivity index (χ2n) is 5.13. The van der Waals surface area contributed by atoms with E-state index in [0.717, 1.165) is 0 Å². The molecule has 0 unspecified atom stereocenters. The molecule has 0 bridgehead atoms. The Labute approximate surface area is 149 Å². The maximum Gasteiger partial charge on any atom is 0.324 e. The molecule has 13 nitrogen and oxygen atoms in total. The number of rotatable bonds is 6. The first-order valence-corrected chi connectivity index (χ1v) is 7.39. The Hall–Kier alpha value is -4.03. The van der Waals surface area contributed by atoms with Gasteiger partial charge >= 0.3 is 12.1 Å². The quantitative estimate of drug-likeness (QED) is 0.295. The van der Waals surface area contributed by atoms with Crippen LogP contribution < -0.4 is 53.6 Å². The van der Waals surface area contributed by atoms with Crippen molar-refractivity contribution in [2.75, 3.05) is 41.9 Å². The number of nitrogens with one attached hydrogen (secondary N) is 6.